The third-order valence-corrected chi connectivity index (χ3v) is 2.50. The van der Waals surface area contributed by atoms with Crippen molar-refractivity contribution in [2.45, 2.75) is 12.5 Å². The highest BCUT2D eigenvalue weighted by Crippen LogP contribution is 2.29. The average Bonchev–Trinajstić information content (AvgIpc) is 2.28. The molecule has 0 aliphatic carbocycles. The number of carbonyl (C=O) groups excluding carboxylic acids is 1. The van der Waals surface area contributed by atoms with Gasteiger partial charge in [-0.25, -0.2) is 9.18 Å². The van der Waals surface area contributed by atoms with Gasteiger partial charge in [0.2, 0.25) is 0 Å². The van der Waals surface area contributed by atoms with Crippen LogP contribution >= 0.6 is 0 Å². The SMILES string of the molecule is O=C1N[C@H](c2ccc(F)cc2[N+](=O)[O-])CCO1. The molecule has 17 heavy (non-hydrogen) atoms. The van der Waals surface area contributed by atoms with E-state index in [1.165, 1.54) is 6.07 Å². The molecule has 0 radical (unpaired) electrons. The summed E-state index contributed by atoms with van der Waals surface area (Å²) in [6, 6.07) is 2.77. The van der Waals surface area contributed by atoms with Crippen LogP contribution in [0.15, 0.2) is 18.2 Å². The van der Waals surface area contributed by atoms with Gasteiger partial charge in [0.15, 0.2) is 0 Å². The summed E-state index contributed by atoms with van der Waals surface area (Å²) in [5, 5.41) is 13.3. The number of amides is 1. The number of alkyl carbamates (subject to hydrolysis) is 1. The number of halogens is 1. The van der Waals surface area contributed by atoms with Crippen molar-refractivity contribution in [2.75, 3.05) is 6.61 Å². The van der Waals surface area contributed by atoms with Crippen LogP contribution in [0.1, 0.15) is 18.0 Å². The van der Waals surface area contributed by atoms with Crippen molar-refractivity contribution in [1.29, 1.82) is 0 Å². The zero-order chi connectivity index (χ0) is 12.4. The Balaban J connectivity index is 2.37. The molecule has 90 valence electrons. The van der Waals surface area contributed by atoms with Crippen molar-refractivity contribution in [3.63, 3.8) is 0 Å². The van der Waals surface area contributed by atoms with E-state index < -0.39 is 22.9 Å². The Morgan fingerprint density at radius 2 is 2.29 bits per heavy atom. The third kappa shape index (κ3) is 2.32. The first-order valence-corrected chi connectivity index (χ1v) is 4.95. The summed E-state index contributed by atoms with van der Waals surface area (Å²) in [6.45, 7) is 0.186. The number of nitro groups is 1. The van der Waals surface area contributed by atoms with Crippen LogP contribution in [0, 0.1) is 15.9 Å². The van der Waals surface area contributed by atoms with Crippen LogP contribution in [-0.2, 0) is 4.74 Å². The maximum Gasteiger partial charge on any atom is 0.407 e. The molecule has 1 N–H and O–H groups in total. The topological polar surface area (TPSA) is 81.5 Å². The molecule has 1 atom stereocenters. The summed E-state index contributed by atoms with van der Waals surface area (Å²) in [6.07, 6.45) is -0.210. The van der Waals surface area contributed by atoms with E-state index in [9.17, 15) is 19.3 Å². The standard InChI is InChI=1S/C10H9FN2O4/c11-6-1-2-7(9(5-6)13(15)16)8-3-4-17-10(14)12-8/h1-2,5,8H,3-4H2,(H,12,14)/t8-/m0/s1. The lowest BCUT2D eigenvalue weighted by molar-refractivity contribution is -0.386. The highest BCUT2D eigenvalue weighted by atomic mass is 19.1. The van der Waals surface area contributed by atoms with E-state index in [1.54, 1.807) is 0 Å². The van der Waals surface area contributed by atoms with Gasteiger partial charge >= 0.3 is 6.09 Å². The predicted molar refractivity (Wildman–Crippen MR) is 54.9 cm³/mol. The molecule has 1 heterocycles. The van der Waals surface area contributed by atoms with Crippen LogP contribution in [0.2, 0.25) is 0 Å². The molecule has 2 rings (SSSR count). The van der Waals surface area contributed by atoms with Gasteiger partial charge in [-0.05, 0) is 12.1 Å². The van der Waals surface area contributed by atoms with Crippen molar-refractivity contribution >= 4 is 11.8 Å². The first-order valence-electron chi connectivity index (χ1n) is 4.95. The number of nitrogens with one attached hydrogen (secondary N) is 1. The van der Waals surface area contributed by atoms with E-state index in [-0.39, 0.29) is 17.9 Å². The molecule has 1 amide bonds. The van der Waals surface area contributed by atoms with Crippen molar-refractivity contribution < 1.29 is 18.8 Å². The summed E-state index contributed by atoms with van der Waals surface area (Å²) in [4.78, 5) is 21.1. The molecule has 0 saturated carbocycles. The maximum absolute atomic E-state index is 12.9. The summed E-state index contributed by atoms with van der Waals surface area (Å²) in [5.74, 6) is -0.682. The summed E-state index contributed by atoms with van der Waals surface area (Å²) >= 11 is 0. The van der Waals surface area contributed by atoms with Crippen LogP contribution in [0.5, 0.6) is 0 Å². The zero-order valence-electron chi connectivity index (χ0n) is 8.68. The molecule has 1 saturated heterocycles. The van der Waals surface area contributed by atoms with Gasteiger partial charge in [0.1, 0.15) is 5.82 Å². The second kappa shape index (κ2) is 4.36. The fraction of sp³-hybridized carbons (Fsp3) is 0.300. The second-order valence-corrected chi connectivity index (χ2v) is 3.58. The van der Waals surface area contributed by atoms with Gasteiger partial charge in [-0.15, -0.1) is 0 Å². The molecule has 0 spiro atoms. The largest absolute Gasteiger partial charge is 0.449 e. The van der Waals surface area contributed by atoms with Gasteiger partial charge in [0.05, 0.1) is 29.2 Å². The average molecular weight is 240 g/mol. The lowest BCUT2D eigenvalue weighted by Crippen LogP contribution is -2.35. The number of nitrogens with zero attached hydrogens (tertiary/aromatic N) is 1. The van der Waals surface area contributed by atoms with Crippen LogP contribution in [-0.4, -0.2) is 17.6 Å². The highest BCUT2D eigenvalue weighted by molar-refractivity contribution is 5.69. The van der Waals surface area contributed by atoms with E-state index >= 15 is 0 Å². The number of benzene rings is 1. The second-order valence-electron chi connectivity index (χ2n) is 3.58. The predicted octanol–water partition coefficient (Wildman–Crippen LogP) is 1.90. The molecule has 1 aliphatic heterocycles. The van der Waals surface area contributed by atoms with Crippen LogP contribution in [0.3, 0.4) is 0 Å². The number of carbonyl (C=O) groups is 1. The Hall–Kier alpha value is -2.18. The quantitative estimate of drug-likeness (QED) is 0.632. The van der Waals surface area contributed by atoms with Crippen molar-refractivity contribution in [1.82, 2.24) is 5.32 Å². The maximum atomic E-state index is 12.9. The monoisotopic (exact) mass is 240 g/mol. The van der Waals surface area contributed by atoms with E-state index in [4.69, 9.17) is 0 Å². The Morgan fingerprint density at radius 1 is 1.53 bits per heavy atom. The minimum absolute atomic E-state index is 0.186. The molecule has 0 unspecified atom stereocenters. The molecular weight excluding hydrogens is 231 g/mol. The van der Waals surface area contributed by atoms with Gasteiger partial charge in [-0.3, -0.25) is 10.1 Å². The molecule has 1 fully saturated rings. The lowest BCUT2D eigenvalue weighted by Gasteiger charge is -2.23. The van der Waals surface area contributed by atoms with Gasteiger partial charge in [-0.2, -0.15) is 0 Å². The lowest BCUT2D eigenvalue weighted by atomic mass is 10.0. The van der Waals surface area contributed by atoms with Crippen molar-refractivity contribution in [2.24, 2.45) is 0 Å². The van der Waals surface area contributed by atoms with E-state index in [0.717, 1.165) is 12.1 Å². The van der Waals surface area contributed by atoms with E-state index in [2.05, 4.69) is 10.1 Å². The normalized spacial score (nSPS) is 19.4. The molecule has 1 aromatic rings. The first-order chi connectivity index (χ1) is 8.08. The van der Waals surface area contributed by atoms with Crippen LogP contribution < -0.4 is 5.32 Å². The van der Waals surface area contributed by atoms with Crippen molar-refractivity contribution in [3.05, 3.63) is 39.7 Å². The number of rotatable bonds is 2. The minimum atomic E-state index is -0.682. The fourth-order valence-corrected chi connectivity index (χ4v) is 1.73. The van der Waals surface area contributed by atoms with E-state index in [0.29, 0.717) is 6.42 Å². The first kappa shape index (κ1) is 11.3. The molecule has 0 aromatic heterocycles. The fourth-order valence-electron chi connectivity index (χ4n) is 1.73. The zero-order valence-corrected chi connectivity index (χ0v) is 8.68. The Morgan fingerprint density at radius 3 is 2.94 bits per heavy atom. The number of nitro benzene ring substituents is 1. The Labute approximate surface area is 95.5 Å². The molecular formula is C10H9FN2O4. The smallest absolute Gasteiger partial charge is 0.407 e. The third-order valence-electron chi connectivity index (χ3n) is 2.50. The molecule has 7 heteroatoms. The number of cyclic esters (lactones) is 1. The van der Waals surface area contributed by atoms with Gasteiger partial charge in [-0.1, -0.05) is 0 Å². The van der Waals surface area contributed by atoms with E-state index in [1.807, 2.05) is 0 Å². The highest BCUT2D eigenvalue weighted by Gasteiger charge is 2.27. The van der Waals surface area contributed by atoms with Crippen LogP contribution in [0.25, 0.3) is 0 Å². The molecule has 1 aliphatic rings. The number of ether oxygens (including phenoxy) is 1. The van der Waals surface area contributed by atoms with Gasteiger partial charge < -0.3 is 10.1 Å². The molecule has 0 bridgehead atoms. The Kier molecular flexibility index (Phi) is 2.90. The number of hydrogen-bond donors (Lipinski definition) is 1. The van der Waals surface area contributed by atoms with Crippen molar-refractivity contribution in [3.8, 4) is 0 Å². The van der Waals surface area contributed by atoms with Gasteiger partial charge in [0.25, 0.3) is 5.69 Å². The minimum Gasteiger partial charge on any atom is -0.449 e. The summed E-state index contributed by atoms with van der Waals surface area (Å²) in [7, 11) is 0. The van der Waals surface area contributed by atoms with Crippen LogP contribution in [0.4, 0.5) is 14.9 Å². The molecule has 1 aromatic carbocycles. The summed E-state index contributed by atoms with van der Waals surface area (Å²) < 4.78 is 17.6. The summed E-state index contributed by atoms with van der Waals surface area (Å²) in [5.41, 5.74) is -0.0507. The van der Waals surface area contributed by atoms with Gasteiger partial charge in [0, 0.05) is 6.42 Å². The molecule has 6 nitrogen and oxygen atoms in total. The Bertz CT molecular complexity index is 477. The number of hydrogen-bond acceptors (Lipinski definition) is 4.